The summed E-state index contributed by atoms with van der Waals surface area (Å²) in [5.74, 6) is -10.9. The second kappa shape index (κ2) is 29.0. The van der Waals surface area contributed by atoms with Gasteiger partial charge in [0.1, 0.15) is 66.7 Å². The van der Waals surface area contributed by atoms with Crippen LogP contribution in [0.1, 0.15) is 78.3 Å². The largest absolute Gasteiger partial charge is 0.481 e. The quantitative estimate of drug-likeness (QED) is 0.0210. The zero-order valence-electron chi connectivity index (χ0n) is 41.3. The van der Waals surface area contributed by atoms with E-state index in [0.717, 1.165) is 18.7 Å². The molecular formula is C43H70N14O17. The lowest BCUT2D eigenvalue weighted by Crippen LogP contribution is -2.64. The van der Waals surface area contributed by atoms with Crippen LogP contribution in [0.15, 0.2) is 17.5 Å². The number of aliphatic hydroxyl groups is 5. The summed E-state index contributed by atoms with van der Waals surface area (Å²) in [6.07, 6.45) is -10.2. The van der Waals surface area contributed by atoms with E-state index in [1.54, 1.807) is 13.8 Å². The van der Waals surface area contributed by atoms with Gasteiger partial charge in [0.2, 0.25) is 53.2 Å². The average Bonchev–Trinajstić information content (AvgIpc) is 4.04. The number of aromatic amines is 1. The molecule has 3 heterocycles. The van der Waals surface area contributed by atoms with Crippen LogP contribution >= 0.6 is 0 Å². The van der Waals surface area contributed by atoms with Crippen molar-refractivity contribution in [3.8, 4) is 0 Å². The number of aliphatic carboxylic acids is 1. The van der Waals surface area contributed by atoms with Gasteiger partial charge in [0.15, 0.2) is 12.2 Å². The first-order chi connectivity index (χ1) is 34.7. The van der Waals surface area contributed by atoms with E-state index in [-0.39, 0.29) is 63.3 Å². The van der Waals surface area contributed by atoms with Gasteiger partial charge in [-0.3, -0.25) is 52.9 Å². The van der Waals surface area contributed by atoms with Gasteiger partial charge in [0.05, 0.1) is 25.5 Å². The minimum Gasteiger partial charge on any atom is -0.481 e. The molecule has 0 aliphatic carbocycles. The number of hydrogen-bond donors (Lipinski definition) is 17. The molecule has 9 amide bonds. The standard InChI is InChI=1S/C43H70N14O17/c1-18(2)30(35(44)67)55-40(72)31(19(3)59)56-38(70)24(13-21-15-47-17-49-21)52-37(69)25(14-28(61)54-41-34(66)33(65)32(64)27(16-58)74-41)53-39(71)26-8-6-12-57(26)42(73)23(7-5-11-48-43(45)46)51-36(68)22(50-20(4)60)9-10-29(62)63/h15,17-19,22-27,30-34,41,58-59,64-66H,5-14,16H2,1-4H3,(H2,44,67)(H,47,49)(H,50,60)(H,51,68)(H,52,69)(H,53,71)(H,54,61)(H,55,72)(H,56,70)(H,62,63)(H4,45,46,48)/t19-,22-,23-,24-,25-,26-,27+,30-,31-,32+,33-,34+,41+/m0/s1. The Morgan fingerprint density at radius 1 is 0.824 bits per heavy atom. The number of carbonyl (C=O) groups excluding carboxylic acids is 9. The maximum absolute atomic E-state index is 14.4. The number of nitrogens with two attached hydrogens (primary N) is 3. The van der Waals surface area contributed by atoms with Crippen molar-refractivity contribution in [3.05, 3.63) is 18.2 Å². The molecule has 31 nitrogen and oxygen atoms in total. The highest BCUT2D eigenvalue weighted by Crippen LogP contribution is 2.22. The van der Waals surface area contributed by atoms with E-state index in [4.69, 9.17) is 21.9 Å². The number of aliphatic hydroxyl groups excluding tert-OH is 5. The SMILES string of the molecule is CC(=O)N[C@@H](CCC(=O)O)C(=O)N[C@@H](CCCN=C(N)N)C(=O)N1CCC[C@H]1C(=O)N[C@@H](CC(=O)N[C@@H]1O[C@H](CO)[C@@H](O)[C@H](O)[C@H]1O)C(=O)N[C@@H](Cc1cnc[nH]1)C(=O)N[C@H](C(=O)N[C@H](C(N)=O)C(C)C)[C@H](C)O. The lowest BCUT2D eigenvalue weighted by molar-refractivity contribution is -0.236. The first kappa shape index (κ1) is 61.2. The van der Waals surface area contributed by atoms with E-state index in [9.17, 15) is 78.6 Å². The molecule has 0 bridgehead atoms. The summed E-state index contributed by atoms with van der Waals surface area (Å²) in [4.78, 5) is 145. The Balaban J connectivity index is 2.01. The number of nitrogens with zero attached hydrogens (tertiary/aromatic N) is 3. The predicted octanol–water partition coefficient (Wildman–Crippen LogP) is -8.38. The fourth-order valence-corrected chi connectivity index (χ4v) is 7.99. The van der Waals surface area contributed by atoms with E-state index >= 15 is 0 Å². The smallest absolute Gasteiger partial charge is 0.303 e. The predicted molar refractivity (Wildman–Crippen MR) is 253 cm³/mol. The fourth-order valence-electron chi connectivity index (χ4n) is 7.99. The van der Waals surface area contributed by atoms with Gasteiger partial charge < -0.3 is 99.7 Å². The molecule has 414 valence electrons. The van der Waals surface area contributed by atoms with Crippen molar-refractivity contribution in [3.63, 3.8) is 0 Å². The summed E-state index contributed by atoms with van der Waals surface area (Å²) in [6.45, 7) is 4.46. The number of imidazole rings is 1. The van der Waals surface area contributed by atoms with Crippen molar-refractivity contribution in [1.82, 2.24) is 52.1 Å². The van der Waals surface area contributed by atoms with Crippen LogP contribution < -0.4 is 54.4 Å². The molecule has 2 saturated heterocycles. The highest BCUT2D eigenvalue weighted by Gasteiger charge is 2.45. The molecule has 0 saturated carbocycles. The average molecular weight is 1060 g/mol. The molecule has 3 rings (SSSR count). The molecule has 2 fully saturated rings. The van der Waals surface area contributed by atoms with Gasteiger partial charge in [-0.05, 0) is 44.9 Å². The number of primary amides is 1. The Morgan fingerprint density at radius 2 is 1.46 bits per heavy atom. The summed E-state index contributed by atoms with van der Waals surface area (Å²) in [5, 5.41) is 77.4. The van der Waals surface area contributed by atoms with Crippen LogP contribution in [0, 0.1) is 5.92 Å². The van der Waals surface area contributed by atoms with E-state index in [0.29, 0.717) is 0 Å². The second-order valence-electron chi connectivity index (χ2n) is 18.2. The highest BCUT2D eigenvalue weighted by molar-refractivity contribution is 5.99. The van der Waals surface area contributed by atoms with Gasteiger partial charge in [0.25, 0.3) is 0 Å². The number of nitrogens with one attached hydrogen (secondary N) is 8. The number of rotatable bonds is 28. The molecule has 1 aromatic heterocycles. The Labute approximate surface area is 423 Å². The third kappa shape index (κ3) is 18.5. The van der Waals surface area contributed by atoms with Gasteiger partial charge in [0, 0.05) is 44.7 Å². The second-order valence-corrected chi connectivity index (χ2v) is 18.2. The van der Waals surface area contributed by atoms with Crippen LogP contribution in [0.25, 0.3) is 0 Å². The minimum atomic E-state index is -1.98. The molecule has 2 aliphatic rings. The van der Waals surface area contributed by atoms with Crippen molar-refractivity contribution in [1.29, 1.82) is 0 Å². The van der Waals surface area contributed by atoms with E-state index < -0.39 is 164 Å². The van der Waals surface area contributed by atoms with Crippen LogP contribution in [0.2, 0.25) is 0 Å². The summed E-state index contributed by atoms with van der Waals surface area (Å²) in [6, 6.07) is -10.8. The lowest BCUT2D eigenvalue weighted by atomic mass is 9.98. The number of guanidine groups is 1. The van der Waals surface area contributed by atoms with Gasteiger partial charge >= 0.3 is 5.97 Å². The first-order valence-corrected chi connectivity index (χ1v) is 23.7. The van der Waals surface area contributed by atoms with Crippen molar-refractivity contribution in [2.75, 3.05) is 19.7 Å². The summed E-state index contributed by atoms with van der Waals surface area (Å²) < 4.78 is 5.37. The van der Waals surface area contributed by atoms with Crippen LogP contribution in [-0.4, -0.2) is 209 Å². The monoisotopic (exact) mass is 1050 g/mol. The Hall–Kier alpha value is -7.06. The number of amides is 9. The number of aliphatic imine (C=N–C) groups is 1. The zero-order chi connectivity index (χ0) is 55.6. The van der Waals surface area contributed by atoms with E-state index in [2.05, 4.69) is 52.2 Å². The molecule has 1 aromatic rings. The molecule has 0 aromatic carbocycles. The summed E-state index contributed by atoms with van der Waals surface area (Å²) >= 11 is 0. The van der Waals surface area contributed by atoms with Crippen molar-refractivity contribution >= 4 is 65.1 Å². The van der Waals surface area contributed by atoms with Gasteiger partial charge in [-0.2, -0.15) is 0 Å². The lowest BCUT2D eigenvalue weighted by Gasteiger charge is -2.40. The van der Waals surface area contributed by atoms with Crippen LogP contribution in [0.3, 0.4) is 0 Å². The van der Waals surface area contributed by atoms with Crippen molar-refractivity contribution < 1.29 is 83.3 Å². The third-order valence-electron chi connectivity index (χ3n) is 11.9. The number of H-pyrrole nitrogens is 1. The van der Waals surface area contributed by atoms with Crippen LogP contribution in [-0.2, 0) is 59.1 Å². The zero-order valence-corrected chi connectivity index (χ0v) is 41.3. The molecule has 0 spiro atoms. The number of ether oxygens (including phenoxy) is 1. The molecule has 74 heavy (non-hydrogen) atoms. The fraction of sp³-hybridized carbons (Fsp3) is 0.674. The molecule has 13 atom stereocenters. The molecule has 2 aliphatic heterocycles. The number of carboxylic acid groups (broad SMARTS) is 1. The molecule has 20 N–H and O–H groups in total. The van der Waals surface area contributed by atoms with Gasteiger partial charge in [-0.25, -0.2) is 4.98 Å². The number of likely N-dealkylation sites (tertiary alicyclic amines) is 1. The van der Waals surface area contributed by atoms with E-state index in [1.165, 1.54) is 12.5 Å². The third-order valence-corrected chi connectivity index (χ3v) is 11.9. The van der Waals surface area contributed by atoms with Crippen LogP contribution in [0.4, 0.5) is 0 Å². The minimum absolute atomic E-state index is 0.0117. The summed E-state index contributed by atoms with van der Waals surface area (Å²) in [7, 11) is 0. The first-order valence-electron chi connectivity index (χ1n) is 23.7. The molecule has 31 heteroatoms. The normalized spacial score (nSPS) is 22.3. The van der Waals surface area contributed by atoms with Gasteiger partial charge in [-0.15, -0.1) is 0 Å². The van der Waals surface area contributed by atoms with Gasteiger partial charge in [-0.1, -0.05) is 13.8 Å². The topological polar surface area (TPSA) is 508 Å². The Kier molecular flexibility index (Phi) is 24.0. The maximum Gasteiger partial charge on any atom is 0.303 e. The highest BCUT2D eigenvalue weighted by atomic mass is 16.6. The maximum atomic E-state index is 14.4. The number of hydrogen-bond acceptors (Lipinski definition) is 18. The Bertz CT molecular complexity index is 2160. The van der Waals surface area contributed by atoms with Crippen molar-refractivity contribution in [2.45, 2.75) is 158 Å². The van der Waals surface area contributed by atoms with Crippen LogP contribution in [0.5, 0.6) is 0 Å². The molecule has 0 radical (unpaired) electrons. The number of aromatic nitrogens is 2. The van der Waals surface area contributed by atoms with Crippen molar-refractivity contribution in [2.24, 2.45) is 28.1 Å². The number of carbonyl (C=O) groups is 10. The Morgan fingerprint density at radius 3 is 2.03 bits per heavy atom. The summed E-state index contributed by atoms with van der Waals surface area (Å²) in [5.41, 5.74) is 16.6. The number of carboxylic acids is 1. The molecule has 0 unspecified atom stereocenters. The molecular weight excluding hydrogens is 985 g/mol. The van der Waals surface area contributed by atoms with E-state index in [1.807, 2.05) is 0 Å².